The maximum absolute atomic E-state index is 11.5. The molecule has 2 rings (SSSR count). The second-order valence-corrected chi connectivity index (χ2v) is 7.09. The fourth-order valence-electron chi connectivity index (χ4n) is 3.10. The highest BCUT2D eigenvalue weighted by Crippen LogP contribution is 2.43. The minimum absolute atomic E-state index is 0.158. The number of carboxylic acid groups (broad SMARTS) is 1. The molecule has 6 nitrogen and oxygen atoms in total. The maximum atomic E-state index is 11.5. The Morgan fingerprint density at radius 3 is 2.50 bits per heavy atom. The second-order valence-electron chi connectivity index (χ2n) is 6.75. The van der Waals surface area contributed by atoms with E-state index in [1.165, 1.54) is 4.90 Å². The zero-order valence-corrected chi connectivity index (χ0v) is 14.1. The van der Waals surface area contributed by atoms with Crippen molar-refractivity contribution in [3.8, 4) is 0 Å². The highest BCUT2D eigenvalue weighted by Gasteiger charge is 2.47. The van der Waals surface area contributed by atoms with Crippen molar-refractivity contribution in [3.63, 3.8) is 0 Å². The molecule has 2 atom stereocenters. The molecule has 7 heteroatoms. The van der Waals surface area contributed by atoms with Crippen LogP contribution in [-0.4, -0.2) is 45.8 Å². The molecule has 122 valence electrons. The first kappa shape index (κ1) is 17.0. The molecule has 22 heavy (non-hydrogen) atoms. The first-order valence-electron chi connectivity index (χ1n) is 7.22. The van der Waals surface area contributed by atoms with Gasteiger partial charge in [0.15, 0.2) is 0 Å². The Morgan fingerprint density at radius 1 is 1.45 bits per heavy atom. The Kier molecular flexibility index (Phi) is 4.63. The third-order valence-electron chi connectivity index (χ3n) is 4.44. The van der Waals surface area contributed by atoms with Crippen LogP contribution in [0.15, 0.2) is 12.4 Å². The number of likely N-dealkylation sites (tertiary alicyclic amines) is 1. The molecule has 1 N–H and O–H groups in total. The number of hydrogen-bond donors (Lipinski definition) is 1. The Hall–Kier alpha value is -1.40. The van der Waals surface area contributed by atoms with E-state index in [0.29, 0.717) is 19.4 Å². The molecule has 1 aliphatic rings. The van der Waals surface area contributed by atoms with Crippen LogP contribution < -0.4 is 0 Å². The third kappa shape index (κ3) is 3.17. The Morgan fingerprint density at radius 2 is 2.05 bits per heavy atom. The minimum atomic E-state index is -0.892. The number of rotatable bonds is 2. The predicted molar refractivity (Wildman–Crippen MR) is 82.9 cm³/mol. The van der Waals surface area contributed by atoms with Crippen molar-refractivity contribution in [2.75, 3.05) is 13.7 Å². The van der Waals surface area contributed by atoms with E-state index in [9.17, 15) is 9.90 Å². The van der Waals surface area contributed by atoms with Crippen LogP contribution in [0.25, 0.3) is 0 Å². The number of ether oxygens (including phenoxy) is 1. The molecule has 0 bridgehead atoms. The van der Waals surface area contributed by atoms with Crippen molar-refractivity contribution in [2.24, 2.45) is 5.41 Å². The lowest BCUT2D eigenvalue weighted by molar-refractivity contribution is -0.0948. The minimum Gasteiger partial charge on any atom is -0.465 e. The molecule has 2 unspecified atom stereocenters. The summed E-state index contributed by atoms with van der Waals surface area (Å²) < 4.78 is 5.82. The topological polar surface area (TPSA) is 75.6 Å². The van der Waals surface area contributed by atoms with Crippen molar-refractivity contribution in [1.29, 1.82) is 0 Å². The number of amides is 1. The third-order valence-corrected chi connectivity index (χ3v) is 4.63. The van der Waals surface area contributed by atoms with Gasteiger partial charge in [-0.25, -0.2) is 14.8 Å². The molecule has 1 amide bonds. The summed E-state index contributed by atoms with van der Waals surface area (Å²) in [6, 6.07) is -0.158. The van der Waals surface area contributed by atoms with Gasteiger partial charge in [0.25, 0.3) is 0 Å². The molecule has 0 spiro atoms. The van der Waals surface area contributed by atoms with Gasteiger partial charge >= 0.3 is 6.09 Å². The quantitative estimate of drug-likeness (QED) is 0.844. The second kappa shape index (κ2) is 6.01. The van der Waals surface area contributed by atoms with Crippen LogP contribution in [-0.2, 0) is 10.3 Å². The van der Waals surface area contributed by atoms with Gasteiger partial charge in [-0.2, -0.15) is 0 Å². The first-order chi connectivity index (χ1) is 10.2. The smallest absolute Gasteiger partial charge is 0.407 e. The molecule has 0 saturated carbocycles. The number of hydrogen-bond acceptors (Lipinski definition) is 4. The molecule has 1 aliphatic heterocycles. The summed E-state index contributed by atoms with van der Waals surface area (Å²) >= 11 is 5.76. The number of piperidine rings is 1. The summed E-state index contributed by atoms with van der Waals surface area (Å²) in [4.78, 5) is 21.1. The molecule has 0 aromatic carbocycles. The van der Waals surface area contributed by atoms with Crippen LogP contribution in [0.5, 0.6) is 0 Å². The average molecular weight is 328 g/mol. The van der Waals surface area contributed by atoms with Crippen LogP contribution in [0.1, 0.15) is 39.2 Å². The molecule has 1 fully saturated rings. The number of carbonyl (C=O) groups is 1. The Labute approximate surface area is 135 Å². The fraction of sp³-hybridized carbons (Fsp3) is 0.667. The fourth-order valence-corrected chi connectivity index (χ4v) is 3.19. The van der Waals surface area contributed by atoms with Gasteiger partial charge in [-0.1, -0.05) is 20.8 Å². The number of halogens is 1. The van der Waals surface area contributed by atoms with Crippen molar-refractivity contribution in [3.05, 3.63) is 23.2 Å². The summed E-state index contributed by atoms with van der Waals surface area (Å²) in [7, 11) is 1.64. The monoisotopic (exact) mass is 327 g/mol. The van der Waals surface area contributed by atoms with Gasteiger partial charge in [-0.15, -0.1) is 0 Å². The van der Waals surface area contributed by atoms with Crippen LogP contribution >= 0.6 is 11.6 Å². The van der Waals surface area contributed by atoms with Crippen LogP contribution in [0, 0.1) is 5.41 Å². The van der Waals surface area contributed by atoms with E-state index >= 15 is 0 Å². The molecule has 1 aromatic heterocycles. The van der Waals surface area contributed by atoms with E-state index < -0.39 is 11.7 Å². The SMILES string of the molecule is COC1(c2cnc(Cl)nc2)CCN(C(=O)O)C(C(C)(C)C)C1. The first-order valence-corrected chi connectivity index (χ1v) is 7.60. The van der Waals surface area contributed by atoms with Gasteiger partial charge in [0.1, 0.15) is 0 Å². The van der Waals surface area contributed by atoms with Gasteiger partial charge in [-0.3, -0.25) is 0 Å². The van der Waals surface area contributed by atoms with Crippen molar-refractivity contribution >= 4 is 17.7 Å². The van der Waals surface area contributed by atoms with Gasteiger partial charge in [0, 0.05) is 44.1 Å². The lowest BCUT2D eigenvalue weighted by atomic mass is 9.73. The van der Waals surface area contributed by atoms with Crippen molar-refractivity contribution in [2.45, 2.75) is 45.3 Å². The molecular formula is C15H22ClN3O3. The van der Waals surface area contributed by atoms with Gasteiger partial charge in [0.05, 0.1) is 5.60 Å². The summed E-state index contributed by atoms with van der Waals surface area (Å²) in [5, 5.41) is 9.65. The number of methoxy groups -OCH3 is 1. The number of nitrogens with zero attached hydrogens (tertiary/aromatic N) is 3. The lowest BCUT2D eigenvalue weighted by Crippen LogP contribution is -2.56. The highest BCUT2D eigenvalue weighted by molar-refractivity contribution is 6.28. The molecule has 1 saturated heterocycles. The van der Waals surface area contributed by atoms with Gasteiger partial charge in [0.2, 0.25) is 5.28 Å². The van der Waals surface area contributed by atoms with Crippen LogP contribution in [0.2, 0.25) is 5.28 Å². The number of aromatic nitrogens is 2. The zero-order valence-electron chi connectivity index (χ0n) is 13.3. The average Bonchev–Trinajstić information content (AvgIpc) is 2.46. The van der Waals surface area contributed by atoms with E-state index in [4.69, 9.17) is 16.3 Å². The lowest BCUT2D eigenvalue weighted by Gasteiger charge is -2.49. The summed E-state index contributed by atoms with van der Waals surface area (Å²) in [6.07, 6.45) is 3.55. The van der Waals surface area contributed by atoms with Crippen molar-refractivity contribution < 1.29 is 14.6 Å². The molecule has 0 radical (unpaired) electrons. The molecule has 0 aliphatic carbocycles. The van der Waals surface area contributed by atoms with Crippen LogP contribution in [0.3, 0.4) is 0 Å². The normalized spacial score (nSPS) is 26.0. The highest BCUT2D eigenvalue weighted by atomic mass is 35.5. The van der Waals surface area contributed by atoms with E-state index in [1.807, 2.05) is 20.8 Å². The molecule has 1 aromatic rings. The van der Waals surface area contributed by atoms with E-state index in [0.717, 1.165) is 5.56 Å². The predicted octanol–water partition coefficient (Wildman–Crippen LogP) is 3.16. The Balaban J connectivity index is 2.38. The van der Waals surface area contributed by atoms with Gasteiger partial charge < -0.3 is 14.7 Å². The maximum Gasteiger partial charge on any atom is 0.407 e. The molecular weight excluding hydrogens is 306 g/mol. The summed E-state index contributed by atoms with van der Waals surface area (Å²) in [5.41, 5.74) is 0.0448. The standard InChI is InChI=1S/C15H22ClN3O3/c1-14(2,3)11-7-15(22-4,5-6-19(11)13(20)21)10-8-17-12(16)18-9-10/h8-9,11H,5-7H2,1-4H3,(H,20,21). The largest absolute Gasteiger partial charge is 0.465 e. The van der Waals surface area contributed by atoms with Crippen molar-refractivity contribution in [1.82, 2.24) is 14.9 Å². The summed E-state index contributed by atoms with van der Waals surface area (Å²) in [5.74, 6) is 0. The zero-order chi connectivity index (χ0) is 16.5. The van der Waals surface area contributed by atoms with Crippen LogP contribution in [0.4, 0.5) is 4.79 Å². The summed E-state index contributed by atoms with van der Waals surface area (Å²) in [6.45, 7) is 6.53. The van der Waals surface area contributed by atoms with E-state index in [-0.39, 0.29) is 16.7 Å². The van der Waals surface area contributed by atoms with Gasteiger partial charge in [-0.05, 0) is 23.4 Å². The molecule has 2 heterocycles. The van der Waals surface area contributed by atoms with E-state index in [1.54, 1.807) is 19.5 Å². The Bertz CT molecular complexity index is 544. The van der Waals surface area contributed by atoms with E-state index in [2.05, 4.69) is 9.97 Å².